The molecule has 0 fully saturated rings. The molecule has 6 heteroatoms. The number of hydrogen-bond donors (Lipinski definition) is 1. The standard InChI is InChI=1S/C16H15ClN2O3/c1-11(20)18-16(13-4-6-14(17)7-5-13)10-12-2-8-15(9-3-12)19(21)22/h2-9,16H,10H2,1H3,(H,18,20). The molecule has 0 spiro atoms. The molecular formula is C16H15ClN2O3. The summed E-state index contributed by atoms with van der Waals surface area (Å²) in [4.78, 5) is 21.6. The monoisotopic (exact) mass is 318 g/mol. The lowest BCUT2D eigenvalue weighted by Crippen LogP contribution is -2.27. The summed E-state index contributed by atoms with van der Waals surface area (Å²) in [5, 5.41) is 14.2. The van der Waals surface area contributed by atoms with Crippen LogP contribution >= 0.6 is 11.6 Å². The number of amides is 1. The van der Waals surface area contributed by atoms with Crippen molar-refractivity contribution in [2.45, 2.75) is 19.4 Å². The summed E-state index contributed by atoms with van der Waals surface area (Å²) in [5.41, 5.74) is 1.88. The maximum Gasteiger partial charge on any atom is 0.269 e. The van der Waals surface area contributed by atoms with E-state index in [4.69, 9.17) is 11.6 Å². The normalized spacial score (nSPS) is 11.7. The highest BCUT2D eigenvalue weighted by Gasteiger charge is 2.14. The minimum atomic E-state index is -0.436. The van der Waals surface area contributed by atoms with Crippen LogP contribution in [0.4, 0.5) is 5.69 Å². The number of non-ortho nitro benzene ring substituents is 1. The summed E-state index contributed by atoms with van der Waals surface area (Å²) in [6.07, 6.45) is 0.541. The zero-order valence-electron chi connectivity index (χ0n) is 12.0. The molecule has 2 aromatic rings. The fourth-order valence-electron chi connectivity index (χ4n) is 2.18. The number of hydrogen-bond acceptors (Lipinski definition) is 3. The number of nitrogens with zero attached hydrogens (tertiary/aromatic N) is 1. The molecule has 0 aliphatic rings. The van der Waals surface area contributed by atoms with Crippen molar-refractivity contribution in [1.82, 2.24) is 5.32 Å². The third-order valence-electron chi connectivity index (χ3n) is 3.24. The van der Waals surface area contributed by atoms with E-state index in [2.05, 4.69) is 5.32 Å². The molecule has 1 atom stereocenters. The van der Waals surface area contributed by atoms with Crippen LogP contribution in [0.3, 0.4) is 0 Å². The van der Waals surface area contributed by atoms with Crippen LogP contribution in [0.15, 0.2) is 48.5 Å². The van der Waals surface area contributed by atoms with E-state index in [1.807, 2.05) is 12.1 Å². The molecule has 114 valence electrons. The van der Waals surface area contributed by atoms with Crippen LogP contribution in [0.1, 0.15) is 24.1 Å². The molecule has 2 aromatic carbocycles. The van der Waals surface area contributed by atoms with E-state index in [0.717, 1.165) is 11.1 Å². The van der Waals surface area contributed by atoms with Crippen LogP contribution < -0.4 is 5.32 Å². The summed E-state index contributed by atoms with van der Waals surface area (Å²) in [7, 11) is 0. The molecular weight excluding hydrogens is 304 g/mol. The van der Waals surface area contributed by atoms with Crippen molar-refractivity contribution in [3.8, 4) is 0 Å². The van der Waals surface area contributed by atoms with Crippen molar-refractivity contribution in [3.63, 3.8) is 0 Å². The number of halogens is 1. The Bertz CT molecular complexity index is 669. The summed E-state index contributed by atoms with van der Waals surface area (Å²) < 4.78 is 0. The molecule has 5 nitrogen and oxygen atoms in total. The first kappa shape index (κ1) is 16.0. The highest BCUT2D eigenvalue weighted by Crippen LogP contribution is 2.22. The molecule has 0 saturated heterocycles. The third-order valence-corrected chi connectivity index (χ3v) is 3.49. The predicted molar refractivity (Wildman–Crippen MR) is 84.8 cm³/mol. The van der Waals surface area contributed by atoms with E-state index < -0.39 is 4.92 Å². The van der Waals surface area contributed by atoms with Gasteiger partial charge in [0.1, 0.15) is 0 Å². The predicted octanol–water partition coefficient (Wildman–Crippen LogP) is 3.67. The van der Waals surface area contributed by atoms with Crippen LogP contribution in [-0.4, -0.2) is 10.8 Å². The van der Waals surface area contributed by atoms with Crippen LogP contribution in [0, 0.1) is 10.1 Å². The van der Waals surface area contributed by atoms with E-state index in [1.54, 1.807) is 24.3 Å². The Morgan fingerprint density at radius 2 is 1.77 bits per heavy atom. The van der Waals surface area contributed by atoms with Gasteiger partial charge in [0.05, 0.1) is 11.0 Å². The quantitative estimate of drug-likeness (QED) is 0.675. The van der Waals surface area contributed by atoms with E-state index in [1.165, 1.54) is 19.1 Å². The third kappa shape index (κ3) is 4.30. The molecule has 0 aliphatic carbocycles. The Balaban J connectivity index is 2.20. The first-order valence-electron chi connectivity index (χ1n) is 6.71. The fraction of sp³-hybridized carbons (Fsp3) is 0.188. The Labute approximate surface area is 133 Å². The van der Waals surface area contributed by atoms with Crippen LogP contribution in [0.5, 0.6) is 0 Å². The van der Waals surface area contributed by atoms with Gasteiger partial charge in [0.15, 0.2) is 0 Å². The Morgan fingerprint density at radius 1 is 1.18 bits per heavy atom. The minimum absolute atomic E-state index is 0.0475. The average Bonchev–Trinajstić information content (AvgIpc) is 2.47. The second-order valence-electron chi connectivity index (χ2n) is 4.93. The highest BCUT2D eigenvalue weighted by atomic mass is 35.5. The smallest absolute Gasteiger partial charge is 0.269 e. The molecule has 2 rings (SSSR count). The van der Waals surface area contributed by atoms with Crippen molar-refractivity contribution in [1.29, 1.82) is 0 Å². The van der Waals surface area contributed by atoms with E-state index in [-0.39, 0.29) is 17.6 Å². The fourth-order valence-corrected chi connectivity index (χ4v) is 2.31. The van der Waals surface area contributed by atoms with Crippen LogP contribution in [0.25, 0.3) is 0 Å². The molecule has 0 aliphatic heterocycles. The van der Waals surface area contributed by atoms with Crippen molar-refractivity contribution < 1.29 is 9.72 Å². The average molecular weight is 319 g/mol. The largest absolute Gasteiger partial charge is 0.349 e. The zero-order valence-corrected chi connectivity index (χ0v) is 12.7. The Morgan fingerprint density at radius 3 is 2.27 bits per heavy atom. The van der Waals surface area contributed by atoms with E-state index >= 15 is 0 Å². The maximum absolute atomic E-state index is 11.4. The van der Waals surface area contributed by atoms with E-state index in [9.17, 15) is 14.9 Å². The van der Waals surface area contributed by atoms with Gasteiger partial charge < -0.3 is 5.32 Å². The Hall–Kier alpha value is -2.40. The SMILES string of the molecule is CC(=O)NC(Cc1ccc([N+](=O)[O-])cc1)c1ccc(Cl)cc1. The van der Waals surface area contributed by atoms with Gasteiger partial charge in [-0.25, -0.2) is 0 Å². The van der Waals surface area contributed by atoms with Crippen molar-refractivity contribution in [3.05, 3.63) is 74.8 Å². The number of nitrogens with one attached hydrogen (secondary N) is 1. The lowest BCUT2D eigenvalue weighted by molar-refractivity contribution is -0.384. The second-order valence-corrected chi connectivity index (χ2v) is 5.37. The number of carbonyl (C=O) groups excluding carboxylic acids is 1. The van der Waals surface area contributed by atoms with Gasteiger partial charge in [-0.15, -0.1) is 0 Å². The number of nitro benzene ring substituents is 1. The van der Waals surface area contributed by atoms with Crippen LogP contribution in [0.2, 0.25) is 5.02 Å². The van der Waals surface area contributed by atoms with Gasteiger partial charge in [-0.3, -0.25) is 14.9 Å². The lowest BCUT2D eigenvalue weighted by atomic mass is 9.98. The molecule has 0 saturated carbocycles. The molecule has 0 aromatic heterocycles. The Kier molecular flexibility index (Phi) is 5.12. The summed E-state index contributed by atoms with van der Waals surface area (Å²) >= 11 is 5.88. The maximum atomic E-state index is 11.4. The molecule has 1 unspecified atom stereocenters. The van der Waals surface area contributed by atoms with Gasteiger partial charge in [0, 0.05) is 24.1 Å². The number of rotatable bonds is 5. The number of nitro groups is 1. The summed E-state index contributed by atoms with van der Waals surface area (Å²) in [6.45, 7) is 1.46. The first-order valence-corrected chi connectivity index (χ1v) is 7.09. The molecule has 22 heavy (non-hydrogen) atoms. The van der Waals surface area contributed by atoms with Gasteiger partial charge in [0.2, 0.25) is 5.91 Å². The van der Waals surface area contributed by atoms with Crippen molar-refractivity contribution in [2.24, 2.45) is 0 Å². The number of carbonyl (C=O) groups is 1. The van der Waals surface area contributed by atoms with Gasteiger partial charge in [-0.2, -0.15) is 0 Å². The van der Waals surface area contributed by atoms with Gasteiger partial charge in [-0.05, 0) is 29.7 Å². The minimum Gasteiger partial charge on any atom is -0.349 e. The van der Waals surface area contributed by atoms with Crippen molar-refractivity contribution in [2.75, 3.05) is 0 Å². The number of benzene rings is 2. The van der Waals surface area contributed by atoms with Gasteiger partial charge >= 0.3 is 0 Å². The van der Waals surface area contributed by atoms with Gasteiger partial charge in [0.25, 0.3) is 5.69 Å². The molecule has 0 bridgehead atoms. The molecule has 0 heterocycles. The molecule has 1 N–H and O–H groups in total. The first-order chi connectivity index (χ1) is 10.5. The van der Waals surface area contributed by atoms with E-state index in [0.29, 0.717) is 11.4 Å². The molecule has 0 radical (unpaired) electrons. The van der Waals surface area contributed by atoms with Gasteiger partial charge in [-0.1, -0.05) is 35.9 Å². The lowest BCUT2D eigenvalue weighted by Gasteiger charge is -2.18. The second kappa shape index (κ2) is 7.04. The topological polar surface area (TPSA) is 72.2 Å². The van der Waals surface area contributed by atoms with Crippen LogP contribution in [-0.2, 0) is 11.2 Å². The molecule has 1 amide bonds. The zero-order chi connectivity index (χ0) is 16.1. The summed E-state index contributed by atoms with van der Waals surface area (Å²) in [6, 6.07) is 13.3. The van der Waals surface area contributed by atoms with Crippen molar-refractivity contribution >= 4 is 23.2 Å². The summed E-state index contributed by atoms with van der Waals surface area (Å²) in [5.74, 6) is -0.137. The highest BCUT2D eigenvalue weighted by molar-refractivity contribution is 6.30.